The average molecular weight is 256 g/mol. The van der Waals surface area contributed by atoms with Gasteiger partial charge in [-0.25, -0.2) is 9.48 Å². The zero-order chi connectivity index (χ0) is 13.5. The Morgan fingerprint density at radius 3 is 2.78 bits per heavy atom. The summed E-state index contributed by atoms with van der Waals surface area (Å²) in [4.78, 5) is 22.1. The summed E-state index contributed by atoms with van der Waals surface area (Å²) < 4.78 is 6.34. The van der Waals surface area contributed by atoms with Gasteiger partial charge in [0.05, 0.1) is 18.8 Å². The van der Waals surface area contributed by atoms with Crippen LogP contribution >= 0.6 is 0 Å². The van der Waals surface area contributed by atoms with Crippen LogP contribution in [0.2, 0.25) is 0 Å². The predicted molar refractivity (Wildman–Crippen MR) is 61.2 cm³/mol. The summed E-state index contributed by atoms with van der Waals surface area (Å²) in [6.45, 7) is 0.659. The van der Waals surface area contributed by atoms with Crippen LogP contribution in [0, 0.1) is 0 Å². The minimum absolute atomic E-state index is 0.0936. The highest BCUT2D eigenvalue weighted by Crippen LogP contribution is 2.07. The average Bonchev–Trinajstić information content (AvgIpc) is 2.76. The number of hydrogen-bond donors (Lipinski definition) is 2. The maximum Gasteiger partial charge on any atom is 0.358 e. The highest BCUT2D eigenvalue weighted by atomic mass is 16.5. The van der Waals surface area contributed by atoms with E-state index in [1.165, 1.54) is 18.8 Å². The lowest BCUT2D eigenvalue weighted by Crippen LogP contribution is -2.21. The lowest BCUT2D eigenvalue weighted by molar-refractivity contribution is -0.120. The van der Waals surface area contributed by atoms with Gasteiger partial charge in [0.2, 0.25) is 5.91 Å². The van der Waals surface area contributed by atoms with E-state index in [0.717, 1.165) is 0 Å². The van der Waals surface area contributed by atoms with Crippen molar-refractivity contribution in [2.75, 3.05) is 20.8 Å². The number of methoxy groups -OCH3 is 1. The van der Waals surface area contributed by atoms with Crippen LogP contribution in [0.15, 0.2) is 0 Å². The number of nitrogens with zero attached hydrogens (tertiary/aromatic N) is 3. The fourth-order valence-electron chi connectivity index (χ4n) is 1.46. The van der Waals surface area contributed by atoms with Crippen molar-refractivity contribution in [1.82, 2.24) is 20.3 Å². The van der Waals surface area contributed by atoms with Crippen molar-refractivity contribution in [1.29, 1.82) is 0 Å². The zero-order valence-electron chi connectivity index (χ0n) is 10.3. The Hall–Kier alpha value is -1.96. The molecule has 0 aromatic carbocycles. The Labute approximate surface area is 104 Å². The summed E-state index contributed by atoms with van der Waals surface area (Å²) in [7, 11) is 3.07. The second kappa shape index (κ2) is 6.70. The van der Waals surface area contributed by atoms with E-state index in [9.17, 15) is 9.59 Å². The largest absolute Gasteiger partial charge is 0.476 e. The quantitative estimate of drug-likeness (QED) is 0.668. The topological polar surface area (TPSA) is 106 Å². The molecule has 0 fully saturated rings. The summed E-state index contributed by atoms with van der Waals surface area (Å²) in [5.74, 6) is -1.27. The number of carboxylic acids is 1. The minimum atomic E-state index is -1.13. The van der Waals surface area contributed by atoms with E-state index < -0.39 is 5.97 Å². The molecule has 8 heteroatoms. The third-order valence-electron chi connectivity index (χ3n) is 2.41. The first-order valence-electron chi connectivity index (χ1n) is 5.45. The molecular weight excluding hydrogens is 240 g/mol. The Morgan fingerprint density at radius 2 is 2.22 bits per heavy atom. The van der Waals surface area contributed by atoms with Crippen molar-refractivity contribution in [3.63, 3.8) is 0 Å². The highest BCUT2D eigenvalue weighted by Gasteiger charge is 2.18. The molecule has 8 nitrogen and oxygen atoms in total. The summed E-state index contributed by atoms with van der Waals surface area (Å²) in [5, 5.41) is 18.8. The van der Waals surface area contributed by atoms with Crippen LogP contribution < -0.4 is 5.32 Å². The number of carbonyl (C=O) groups excluding carboxylic acids is 1. The van der Waals surface area contributed by atoms with Crippen LogP contribution in [-0.4, -0.2) is 52.7 Å². The molecule has 0 aliphatic heterocycles. The molecule has 0 unspecified atom stereocenters. The van der Waals surface area contributed by atoms with Gasteiger partial charge in [0.1, 0.15) is 0 Å². The van der Waals surface area contributed by atoms with Crippen molar-refractivity contribution in [3.05, 3.63) is 11.4 Å². The first-order chi connectivity index (χ1) is 8.60. The van der Waals surface area contributed by atoms with Gasteiger partial charge < -0.3 is 15.2 Å². The van der Waals surface area contributed by atoms with E-state index in [4.69, 9.17) is 9.84 Å². The van der Waals surface area contributed by atoms with Gasteiger partial charge in [0.25, 0.3) is 0 Å². The minimum Gasteiger partial charge on any atom is -0.476 e. The molecule has 0 bridgehead atoms. The third kappa shape index (κ3) is 3.52. The molecule has 100 valence electrons. The van der Waals surface area contributed by atoms with E-state index in [0.29, 0.717) is 25.3 Å². The number of carboxylic acid groups (broad SMARTS) is 1. The molecular formula is C10H16N4O4. The van der Waals surface area contributed by atoms with Gasteiger partial charge in [-0.1, -0.05) is 5.21 Å². The fraction of sp³-hybridized carbons (Fsp3) is 0.600. The van der Waals surface area contributed by atoms with Gasteiger partial charge in [-0.15, -0.1) is 5.10 Å². The molecule has 1 rings (SSSR count). The number of hydrogen-bond acceptors (Lipinski definition) is 5. The van der Waals surface area contributed by atoms with E-state index in [1.54, 1.807) is 0 Å². The molecule has 0 saturated heterocycles. The number of aromatic nitrogens is 3. The highest BCUT2D eigenvalue weighted by molar-refractivity contribution is 5.86. The number of rotatable bonds is 7. The molecule has 0 spiro atoms. The Bertz CT molecular complexity index is 430. The second-order valence-electron chi connectivity index (χ2n) is 3.58. The number of aryl methyl sites for hydroxylation is 1. The van der Waals surface area contributed by atoms with Crippen molar-refractivity contribution in [2.24, 2.45) is 0 Å². The molecule has 0 aliphatic rings. The molecule has 1 heterocycles. The van der Waals surface area contributed by atoms with Crippen LogP contribution in [0.3, 0.4) is 0 Å². The van der Waals surface area contributed by atoms with Gasteiger partial charge in [0.15, 0.2) is 5.69 Å². The van der Waals surface area contributed by atoms with Crippen molar-refractivity contribution < 1.29 is 19.4 Å². The van der Waals surface area contributed by atoms with Gasteiger partial charge in [-0.05, 0) is 0 Å². The Balaban J connectivity index is 2.82. The van der Waals surface area contributed by atoms with E-state index in [1.807, 2.05) is 0 Å². The summed E-state index contributed by atoms with van der Waals surface area (Å²) in [5.41, 5.74) is 0.372. The number of nitrogens with one attached hydrogen (secondary N) is 1. The lowest BCUT2D eigenvalue weighted by Gasteiger charge is -2.06. The van der Waals surface area contributed by atoms with Crippen molar-refractivity contribution >= 4 is 11.9 Å². The van der Waals surface area contributed by atoms with Crippen molar-refractivity contribution in [3.8, 4) is 0 Å². The molecule has 2 N–H and O–H groups in total. The lowest BCUT2D eigenvalue weighted by atomic mass is 10.2. The molecule has 0 atom stereocenters. The summed E-state index contributed by atoms with van der Waals surface area (Å²) in [6.07, 6.45) is 0.609. The standard InChI is InChI=1S/C10H16N4O4/c1-11-8(15)3-5-14-7(4-6-18-2)9(10(16)17)12-13-14/h3-6H2,1-2H3,(H,11,15)(H,16,17). The zero-order valence-corrected chi connectivity index (χ0v) is 10.3. The smallest absolute Gasteiger partial charge is 0.358 e. The van der Waals surface area contributed by atoms with E-state index in [-0.39, 0.29) is 18.0 Å². The SMILES string of the molecule is CNC(=O)CCn1nnc(C(=O)O)c1CCOC. The van der Waals surface area contributed by atoms with Crippen molar-refractivity contribution in [2.45, 2.75) is 19.4 Å². The molecule has 1 amide bonds. The Morgan fingerprint density at radius 1 is 1.50 bits per heavy atom. The maximum absolute atomic E-state index is 11.1. The summed E-state index contributed by atoms with van der Waals surface area (Å²) in [6, 6.07) is 0. The second-order valence-corrected chi connectivity index (χ2v) is 3.58. The van der Waals surface area contributed by atoms with Crippen LogP contribution in [0.25, 0.3) is 0 Å². The van der Waals surface area contributed by atoms with Gasteiger partial charge in [0, 0.05) is 27.0 Å². The van der Waals surface area contributed by atoms with Crippen LogP contribution in [-0.2, 0) is 22.5 Å². The number of aromatic carboxylic acids is 1. The number of amides is 1. The molecule has 0 radical (unpaired) electrons. The summed E-state index contributed by atoms with van der Waals surface area (Å²) >= 11 is 0. The Kier molecular flexibility index (Phi) is 5.25. The first-order valence-corrected chi connectivity index (χ1v) is 5.45. The normalized spacial score (nSPS) is 10.3. The fourth-order valence-corrected chi connectivity index (χ4v) is 1.46. The first kappa shape index (κ1) is 14.1. The maximum atomic E-state index is 11.1. The van der Waals surface area contributed by atoms with Crippen LogP contribution in [0.5, 0.6) is 0 Å². The molecule has 1 aromatic rings. The van der Waals surface area contributed by atoms with Gasteiger partial charge in [-0.2, -0.15) is 0 Å². The predicted octanol–water partition coefficient (Wildman–Crippen LogP) is -0.699. The van der Waals surface area contributed by atoms with E-state index >= 15 is 0 Å². The molecule has 0 aliphatic carbocycles. The van der Waals surface area contributed by atoms with E-state index in [2.05, 4.69) is 15.6 Å². The molecule has 0 saturated carbocycles. The molecule has 1 aromatic heterocycles. The van der Waals surface area contributed by atoms with Gasteiger partial charge >= 0.3 is 5.97 Å². The van der Waals surface area contributed by atoms with Crippen LogP contribution in [0.1, 0.15) is 22.6 Å². The number of ether oxygens (including phenoxy) is 1. The number of carbonyl (C=O) groups is 2. The van der Waals surface area contributed by atoms with Gasteiger partial charge in [-0.3, -0.25) is 4.79 Å². The van der Waals surface area contributed by atoms with Crippen LogP contribution in [0.4, 0.5) is 0 Å². The third-order valence-corrected chi connectivity index (χ3v) is 2.41. The molecule has 18 heavy (non-hydrogen) atoms. The monoisotopic (exact) mass is 256 g/mol.